The summed E-state index contributed by atoms with van der Waals surface area (Å²) in [6, 6.07) is -2.45. The average Bonchev–Trinajstić information content (AvgIpc) is 2.98. The van der Waals surface area contributed by atoms with Crippen LogP contribution in [-0.4, -0.2) is 64.9 Å². The summed E-state index contributed by atoms with van der Waals surface area (Å²) in [5, 5.41) is 14.1. The second-order valence-corrected chi connectivity index (χ2v) is 6.32. The van der Waals surface area contributed by atoms with Crippen LogP contribution >= 0.6 is 0 Å². The molecule has 0 aromatic heterocycles. The van der Waals surface area contributed by atoms with Crippen LogP contribution in [0.3, 0.4) is 0 Å². The zero-order valence-corrected chi connectivity index (χ0v) is 14.2. The van der Waals surface area contributed by atoms with E-state index < -0.39 is 41.8 Å². The number of carboxylic acid groups (broad SMARTS) is 1. The molecule has 9 heteroatoms. The first-order valence-corrected chi connectivity index (χ1v) is 8.01. The molecule has 0 spiro atoms. The first kappa shape index (κ1) is 19.9. The van der Waals surface area contributed by atoms with Crippen molar-refractivity contribution in [2.24, 2.45) is 11.7 Å². The van der Waals surface area contributed by atoms with Gasteiger partial charge >= 0.3 is 5.97 Å². The molecule has 136 valence electrons. The molecule has 24 heavy (non-hydrogen) atoms. The standard InChI is InChI=1S/C15H26N4O5/c1-8(2)12(15(23)24)18-14(22)10-5-4-6-19(10)11(20)7-17-13(21)9(3)16/h8-10,12H,4-7,16H2,1-3H3,(H,17,21)(H,18,22)(H,23,24). The van der Waals surface area contributed by atoms with Crippen molar-refractivity contribution >= 4 is 23.7 Å². The van der Waals surface area contributed by atoms with Crippen molar-refractivity contribution in [1.82, 2.24) is 15.5 Å². The molecule has 1 heterocycles. The summed E-state index contributed by atoms with van der Waals surface area (Å²) in [4.78, 5) is 48.6. The van der Waals surface area contributed by atoms with Gasteiger partial charge in [-0.25, -0.2) is 4.79 Å². The Morgan fingerprint density at radius 2 is 1.88 bits per heavy atom. The van der Waals surface area contributed by atoms with Crippen LogP contribution < -0.4 is 16.4 Å². The molecule has 0 saturated carbocycles. The fourth-order valence-electron chi connectivity index (χ4n) is 2.53. The molecule has 0 radical (unpaired) electrons. The van der Waals surface area contributed by atoms with E-state index in [4.69, 9.17) is 10.8 Å². The van der Waals surface area contributed by atoms with Crippen molar-refractivity contribution in [3.8, 4) is 0 Å². The van der Waals surface area contributed by atoms with Crippen molar-refractivity contribution in [3.05, 3.63) is 0 Å². The molecule has 1 saturated heterocycles. The van der Waals surface area contributed by atoms with E-state index in [1.165, 1.54) is 11.8 Å². The first-order valence-electron chi connectivity index (χ1n) is 8.01. The van der Waals surface area contributed by atoms with Gasteiger partial charge in [0.25, 0.3) is 0 Å². The molecule has 3 atom stereocenters. The maximum Gasteiger partial charge on any atom is 0.326 e. The van der Waals surface area contributed by atoms with Crippen LogP contribution in [0.1, 0.15) is 33.6 Å². The molecule has 1 aliphatic rings. The Morgan fingerprint density at radius 3 is 2.38 bits per heavy atom. The molecule has 1 fully saturated rings. The van der Waals surface area contributed by atoms with Crippen molar-refractivity contribution in [1.29, 1.82) is 0 Å². The Kier molecular flexibility index (Phi) is 7.15. The number of nitrogens with one attached hydrogen (secondary N) is 2. The highest BCUT2D eigenvalue weighted by atomic mass is 16.4. The summed E-state index contributed by atoms with van der Waals surface area (Å²) in [6.45, 7) is 5.05. The maximum absolute atomic E-state index is 12.4. The minimum atomic E-state index is -1.11. The molecule has 0 bridgehead atoms. The zero-order chi connectivity index (χ0) is 18.4. The third-order valence-electron chi connectivity index (χ3n) is 3.93. The summed E-state index contributed by atoms with van der Waals surface area (Å²) >= 11 is 0. The normalized spacial score (nSPS) is 19.7. The quantitative estimate of drug-likeness (QED) is 0.451. The number of rotatable bonds is 7. The number of hydrogen-bond donors (Lipinski definition) is 4. The lowest BCUT2D eigenvalue weighted by molar-refractivity contribution is -0.145. The van der Waals surface area contributed by atoms with E-state index in [1.807, 2.05) is 0 Å². The topological polar surface area (TPSA) is 142 Å². The Bertz CT molecular complexity index is 506. The minimum absolute atomic E-state index is 0.239. The fourth-order valence-corrected chi connectivity index (χ4v) is 2.53. The van der Waals surface area contributed by atoms with Crippen molar-refractivity contribution in [2.45, 2.75) is 51.7 Å². The maximum atomic E-state index is 12.4. The van der Waals surface area contributed by atoms with Crippen LogP contribution in [0, 0.1) is 5.92 Å². The van der Waals surface area contributed by atoms with E-state index in [1.54, 1.807) is 13.8 Å². The van der Waals surface area contributed by atoms with E-state index in [9.17, 15) is 19.2 Å². The zero-order valence-electron chi connectivity index (χ0n) is 14.2. The van der Waals surface area contributed by atoms with Gasteiger partial charge in [0.15, 0.2) is 0 Å². The van der Waals surface area contributed by atoms with Crippen LogP contribution in [-0.2, 0) is 19.2 Å². The second kappa shape index (κ2) is 8.62. The summed E-state index contributed by atoms with van der Waals surface area (Å²) in [5.74, 6) is -2.71. The van der Waals surface area contributed by atoms with E-state index >= 15 is 0 Å². The van der Waals surface area contributed by atoms with Crippen LogP contribution in [0.4, 0.5) is 0 Å². The lowest BCUT2D eigenvalue weighted by Crippen LogP contribution is -2.54. The van der Waals surface area contributed by atoms with Crippen LogP contribution in [0.5, 0.6) is 0 Å². The molecular weight excluding hydrogens is 316 g/mol. The molecule has 1 aliphatic heterocycles. The van der Waals surface area contributed by atoms with Gasteiger partial charge in [-0.15, -0.1) is 0 Å². The lowest BCUT2D eigenvalue weighted by atomic mass is 10.0. The van der Waals surface area contributed by atoms with Crippen molar-refractivity contribution in [2.75, 3.05) is 13.1 Å². The second-order valence-electron chi connectivity index (χ2n) is 6.32. The number of hydrogen-bond acceptors (Lipinski definition) is 5. The molecule has 1 rings (SSSR count). The van der Waals surface area contributed by atoms with Crippen LogP contribution in [0.25, 0.3) is 0 Å². The highest BCUT2D eigenvalue weighted by molar-refractivity contribution is 5.92. The molecule has 3 unspecified atom stereocenters. The van der Waals surface area contributed by atoms with Gasteiger partial charge in [0, 0.05) is 6.54 Å². The predicted molar refractivity (Wildman–Crippen MR) is 85.8 cm³/mol. The largest absolute Gasteiger partial charge is 0.480 e. The van der Waals surface area contributed by atoms with Gasteiger partial charge in [-0.3, -0.25) is 14.4 Å². The summed E-state index contributed by atoms with van der Waals surface area (Å²) < 4.78 is 0. The van der Waals surface area contributed by atoms with E-state index in [-0.39, 0.29) is 12.5 Å². The van der Waals surface area contributed by atoms with E-state index in [2.05, 4.69) is 10.6 Å². The summed E-state index contributed by atoms with van der Waals surface area (Å²) in [5.41, 5.74) is 5.41. The van der Waals surface area contributed by atoms with Crippen molar-refractivity contribution < 1.29 is 24.3 Å². The highest BCUT2D eigenvalue weighted by Gasteiger charge is 2.36. The molecule has 3 amide bonds. The molecule has 0 aromatic carbocycles. The number of nitrogens with two attached hydrogens (primary N) is 1. The van der Waals surface area contributed by atoms with Gasteiger partial charge in [0.05, 0.1) is 12.6 Å². The molecule has 0 aliphatic carbocycles. The smallest absolute Gasteiger partial charge is 0.326 e. The van der Waals surface area contributed by atoms with Gasteiger partial charge in [-0.05, 0) is 25.7 Å². The number of carbonyl (C=O) groups excluding carboxylic acids is 3. The summed E-state index contributed by atoms with van der Waals surface area (Å²) in [7, 11) is 0. The Morgan fingerprint density at radius 1 is 1.25 bits per heavy atom. The number of likely N-dealkylation sites (tertiary alicyclic amines) is 1. The Hall–Kier alpha value is -2.16. The number of aliphatic carboxylic acids is 1. The SMILES string of the molecule is CC(N)C(=O)NCC(=O)N1CCCC1C(=O)NC(C(=O)O)C(C)C. The van der Waals surface area contributed by atoms with Gasteiger partial charge < -0.3 is 26.4 Å². The van der Waals surface area contributed by atoms with Crippen molar-refractivity contribution in [3.63, 3.8) is 0 Å². The Labute approximate surface area is 140 Å². The molecule has 9 nitrogen and oxygen atoms in total. The lowest BCUT2D eigenvalue weighted by Gasteiger charge is -2.26. The highest BCUT2D eigenvalue weighted by Crippen LogP contribution is 2.18. The van der Waals surface area contributed by atoms with Crippen LogP contribution in [0.15, 0.2) is 0 Å². The van der Waals surface area contributed by atoms with Gasteiger partial charge in [0.2, 0.25) is 17.7 Å². The van der Waals surface area contributed by atoms with E-state index in [0.29, 0.717) is 19.4 Å². The number of carboxylic acids is 1. The Balaban J connectivity index is 2.67. The van der Waals surface area contributed by atoms with Gasteiger partial charge in [-0.2, -0.15) is 0 Å². The minimum Gasteiger partial charge on any atom is -0.480 e. The van der Waals surface area contributed by atoms with E-state index in [0.717, 1.165) is 0 Å². The summed E-state index contributed by atoms with van der Waals surface area (Å²) in [6.07, 6.45) is 1.10. The first-order chi connectivity index (χ1) is 11.1. The predicted octanol–water partition coefficient (Wildman–Crippen LogP) is -1.33. The molecule has 5 N–H and O–H groups in total. The monoisotopic (exact) mass is 342 g/mol. The molecule has 0 aromatic rings. The number of nitrogens with zero attached hydrogens (tertiary/aromatic N) is 1. The number of carbonyl (C=O) groups is 4. The van der Waals surface area contributed by atoms with Gasteiger partial charge in [0.1, 0.15) is 12.1 Å². The third-order valence-corrected chi connectivity index (χ3v) is 3.93. The van der Waals surface area contributed by atoms with Gasteiger partial charge in [-0.1, -0.05) is 13.8 Å². The average molecular weight is 342 g/mol. The fraction of sp³-hybridized carbons (Fsp3) is 0.733. The molecular formula is C15H26N4O5. The number of amides is 3. The third kappa shape index (κ3) is 5.19. The van der Waals surface area contributed by atoms with Crippen LogP contribution in [0.2, 0.25) is 0 Å².